The number of sulfonamides is 1. The molecule has 1 saturated carbocycles. The van der Waals surface area contributed by atoms with Crippen molar-refractivity contribution in [2.24, 2.45) is 5.92 Å². The first-order valence-corrected chi connectivity index (χ1v) is 16.7. The summed E-state index contributed by atoms with van der Waals surface area (Å²) >= 11 is 0. The van der Waals surface area contributed by atoms with E-state index in [1.807, 2.05) is 52.8 Å². The fourth-order valence-electron chi connectivity index (χ4n) is 6.14. The zero-order valence-electron chi connectivity index (χ0n) is 25.7. The predicted molar refractivity (Wildman–Crippen MR) is 163 cm³/mol. The van der Waals surface area contributed by atoms with Crippen LogP contribution in [0, 0.1) is 5.92 Å². The highest BCUT2D eigenvalue weighted by molar-refractivity contribution is 7.89. The highest BCUT2D eigenvalue weighted by atomic mass is 32.2. The van der Waals surface area contributed by atoms with Gasteiger partial charge in [-0.1, -0.05) is 46.1 Å². The Hall–Kier alpha value is -2.20. The fourth-order valence-corrected chi connectivity index (χ4v) is 7.79. The summed E-state index contributed by atoms with van der Waals surface area (Å²) in [6, 6.07) is 7.45. The van der Waals surface area contributed by atoms with Crippen LogP contribution in [0.15, 0.2) is 29.2 Å². The first-order chi connectivity index (χ1) is 19.4. The standard InChI is InChI=1S/C32H49N3O5S/c1-22(2)34-41(37,38)30-13-12-24(18-27(30)32(3,4)5)28-19-26(31(36)33-25-14-16-40-17-15-25)29(21-39-6)35(28)20-23-10-8-7-9-11-23/h12-13,18-19,22-23,25,34H,7-11,14-17,20-21H2,1-6H3,(H,33,36). The van der Waals surface area contributed by atoms with Crippen LogP contribution >= 0.6 is 0 Å². The average molecular weight is 588 g/mol. The van der Waals surface area contributed by atoms with Gasteiger partial charge in [0.05, 0.1) is 22.8 Å². The van der Waals surface area contributed by atoms with Gasteiger partial charge in [0.1, 0.15) is 0 Å². The van der Waals surface area contributed by atoms with Crippen molar-refractivity contribution in [3.8, 4) is 11.3 Å². The molecule has 4 rings (SSSR count). The number of carbonyl (C=O) groups excluding carboxylic acids is 1. The average Bonchev–Trinajstić information content (AvgIpc) is 3.26. The Morgan fingerprint density at radius 1 is 1.07 bits per heavy atom. The SMILES string of the molecule is COCc1c(C(=O)NC2CCOCC2)cc(-c2ccc(S(=O)(=O)NC(C)C)c(C(C)(C)C)c2)n1CC1CCCCC1. The summed E-state index contributed by atoms with van der Waals surface area (Å²) in [5.74, 6) is 0.429. The van der Waals surface area contributed by atoms with Crippen molar-refractivity contribution >= 4 is 15.9 Å². The van der Waals surface area contributed by atoms with Gasteiger partial charge in [0, 0.05) is 44.6 Å². The lowest BCUT2D eigenvalue weighted by Crippen LogP contribution is -2.39. The zero-order chi connectivity index (χ0) is 29.8. The molecule has 2 fully saturated rings. The molecule has 1 amide bonds. The molecule has 2 aromatic rings. The van der Waals surface area contributed by atoms with E-state index in [1.54, 1.807) is 13.2 Å². The number of rotatable bonds is 10. The van der Waals surface area contributed by atoms with Crippen molar-refractivity contribution in [1.82, 2.24) is 14.6 Å². The molecule has 0 radical (unpaired) electrons. The van der Waals surface area contributed by atoms with Gasteiger partial charge in [-0.15, -0.1) is 0 Å². The number of carbonyl (C=O) groups is 1. The van der Waals surface area contributed by atoms with Crippen molar-refractivity contribution in [2.75, 3.05) is 20.3 Å². The molecule has 2 N–H and O–H groups in total. The van der Waals surface area contributed by atoms with E-state index < -0.39 is 15.4 Å². The van der Waals surface area contributed by atoms with Crippen LogP contribution in [0.5, 0.6) is 0 Å². The maximum atomic E-state index is 13.7. The van der Waals surface area contributed by atoms with Crippen LogP contribution in [-0.4, -0.2) is 51.3 Å². The van der Waals surface area contributed by atoms with E-state index >= 15 is 0 Å². The van der Waals surface area contributed by atoms with E-state index in [-0.39, 0.29) is 18.0 Å². The number of ether oxygens (including phenoxy) is 2. The van der Waals surface area contributed by atoms with E-state index in [4.69, 9.17) is 9.47 Å². The minimum Gasteiger partial charge on any atom is -0.381 e. The molecule has 0 bridgehead atoms. The number of benzene rings is 1. The summed E-state index contributed by atoms with van der Waals surface area (Å²) in [4.78, 5) is 14.0. The molecule has 2 heterocycles. The Labute approximate surface area is 246 Å². The monoisotopic (exact) mass is 587 g/mol. The zero-order valence-corrected chi connectivity index (χ0v) is 26.5. The molecule has 0 unspecified atom stereocenters. The molecule has 41 heavy (non-hydrogen) atoms. The second-order valence-corrected chi connectivity index (χ2v) is 14.7. The van der Waals surface area contributed by atoms with Gasteiger partial charge in [-0.05, 0) is 80.2 Å². The Morgan fingerprint density at radius 3 is 2.37 bits per heavy atom. The third kappa shape index (κ3) is 7.80. The molecule has 1 aromatic carbocycles. The van der Waals surface area contributed by atoms with Crippen molar-refractivity contribution < 1.29 is 22.7 Å². The second kappa shape index (κ2) is 13.4. The minimum absolute atomic E-state index is 0.0854. The number of aromatic nitrogens is 1. The molecule has 1 aliphatic heterocycles. The number of nitrogens with one attached hydrogen (secondary N) is 2. The molecule has 1 saturated heterocycles. The van der Waals surface area contributed by atoms with Gasteiger partial charge >= 0.3 is 0 Å². The van der Waals surface area contributed by atoms with Crippen molar-refractivity contribution in [1.29, 1.82) is 0 Å². The lowest BCUT2D eigenvalue weighted by molar-refractivity contribution is 0.0694. The van der Waals surface area contributed by atoms with Crippen LogP contribution in [0.2, 0.25) is 0 Å². The third-order valence-electron chi connectivity index (χ3n) is 8.22. The molecule has 1 aromatic heterocycles. The number of hydrogen-bond donors (Lipinski definition) is 2. The number of amides is 1. The van der Waals surface area contributed by atoms with Gasteiger partial charge in [0.15, 0.2) is 0 Å². The maximum Gasteiger partial charge on any atom is 0.253 e. The van der Waals surface area contributed by atoms with Gasteiger partial charge < -0.3 is 19.4 Å². The topological polar surface area (TPSA) is 98.7 Å². The number of hydrogen-bond acceptors (Lipinski definition) is 5. The van der Waals surface area contributed by atoms with Gasteiger partial charge in [-0.25, -0.2) is 13.1 Å². The molecule has 9 heteroatoms. The van der Waals surface area contributed by atoms with Gasteiger partial charge in [-0.2, -0.15) is 0 Å². The Morgan fingerprint density at radius 2 is 1.76 bits per heavy atom. The van der Waals surface area contributed by atoms with Gasteiger partial charge in [0.25, 0.3) is 5.91 Å². The third-order valence-corrected chi connectivity index (χ3v) is 9.94. The highest BCUT2D eigenvalue weighted by Crippen LogP contribution is 2.36. The predicted octanol–water partition coefficient (Wildman–Crippen LogP) is 5.77. The second-order valence-electron chi connectivity index (χ2n) is 13.0. The smallest absolute Gasteiger partial charge is 0.253 e. The van der Waals surface area contributed by atoms with Crippen LogP contribution < -0.4 is 10.0 Å². The lowest BCUT2D eigenvalue weighted by Gasteiger charge is -2.26. The molecule has 8 nitrogen and oxygen atoms in total. The van der Waals surface area contributed by atoms with Crippen LogP contribution in [0.4, 0.5) is 0 Å². The van der Waals surface area contributed by atoms with Crippen LogP contribution in [0.3, 0.4) is 0 Å². The van der Waals surface area contributed by atoms with E-state index in [2.05, 4.69) is 14.6 Å². The Balaban J connectivity index is 1.84. The largest absolute Gasteiger partial charge is 0.381 e. The summed E-state index contributed by atoms with van der Waals surface area (Å²) in [7, 11) is -2.03. The fraction of sp³-hybridized carbons (Fsp3) is 0.656. The molecular formula is C32H49N3O5S. The normalized spacial score (nSPS) is 17.7. The summed E-state index contributed by atoms with van der Waals surface area (Å²) in [6.07, 6.45) is 7.65. The summed E-state index contributed by atoms with van der Waals surface area (Å²) in [5, 5.41) is 3.24. The van der Waals surface area contributed by atoms with Crippen molar-refractivity contribution in [3.05, 3.63) is 41.1 Å². The van der Waals surface area contributed by atoms with E-state index in [9.17, 15) is 13.2 Å². The Bertz CT molecular complexity index is 1300. The van der Waals surface area contributed by atoms with Crippen LogP contribution in [-0.2, 0) is 38.1 Å². The van der Waals surface area contributed by atoms with Crippen molar-refractivity contribution in [2.45, 2.75) is 115 Å². The highest BCUT2D eigenvalue weighted by Gasteiger charge is 2.30. The van der Waals surface area contributed by atoms with Crippen LogP contribution in [0.1, 0.15) is 101 Å². The number of nitrogens with zero attached hydrogens (tertiary/aromatic N) is 1. The quantitative estimate of drug-likeness (QED) is 0.368. The van der Waals surface area contributed by atoms with E-state index in [0.717, 1.165) is 41.9 Å². The van der Waals surface area contributed by atoms with Crippen molar-refractivity contribution in [3.63, 3.8) is 0 Å². The van der Waals surface area contributed by atoms with Gasteiger partial charge in [-0.3, -0.25) is 4.79 Å². The summed E-state index contributed by atoms with van der Waals surface area (Å²) in [6.45, 7) is 12.2. The molecular weight excluding hydrogens is 538 g/mol. The maximum absolute atomic E-state index is 13.7. The van der Waals surface area contributed by atoms with E-state index in [0.29, 0.717) is 36.2 Å². The molecule has 0 atom stereocenters. The minimum atomic E-state index is -3.70. The molecule has 0 spiro atoms. The first-order valence-electron chi connectivity index (χ1n) is 15.2. The number of methoxy groups -OCH3 is 1. The molecule has 1 aliphatic carbocycles. The van der Waals surface area contributed by atoms with Crippen LogP contribution in [0.25, 0.3) is 11.3 Å². The summed E-state index contributed by atoms with van der Waals surface area (Å²) < 4.78 is 42.8. The Kier molecular flexibility index (Phi) is 10.4. The van der Waals surface area contributed by atoms with E-state index in [1.165, 1.54) is 32.1 Å². The molecule has 228 valence electrons. The first kappa shape index (κ1) is 31.7. The van der Waals surface area contributed by atoms with Gasteiger partial charge in [0.2, 0.25) is 10.0 Å². The molecule has 2 aliphatic rings. The summed E-state index contributed by atoms with van der Waals surface area (Å²) in [5.41, 5.74) is 3.64. The lowest BCUT2D eigenvalue weighted by atomic mass is 9.85.